The predicted octanol–water partition coefficient (Wildman–Crippen LogP) is 2.80. The lowest BCUT2D eigenvalue weighted by Crippen LogP contribution is -2.43. The molecule has 4 rings (SSSR count). The number of fused-ring (bicyclic) bond motifs is 2. The number of rotatable bonds is 3. The first-order valence-electron chi connectivity index (χ1n) is 9.31. The van der Waals surface area contributed by atoms with E-state index in [0.29, 0.717) is 5.91 Å². The molecule has 0 aromatic carbocycles. The number of carbonyl (C=O) groups excluding carboxylic acids is 1. The molecule has 2 saturated carbocycles. The summed E-state index contributed by atoms with van der Waals surface area (Å²) in [6.45, 7) is 3.24. The normalized spacial score (nSPS) is 40.1. The van der Waals surface area contributed by atoms with Gasteiger partial charge in [0.2, 0.25) is 5.91 Å². The van der Waals surface area contributed by atoms with Crippen molar-refractivity contribution >= 4 is 5.91 Å². The summed E-state index contributed by atoms with van der Waals surface area (Å²) in [5, 5.41) is 3.64. The SMILES string of the molecule is O=C(CC1CC2CCC1C2)N1CCC(C2CCCN2)CC1. The zero-order chi connectivity index (χ0) is 14.2. The third kappa shape index (κ3) is 2.86. The number of nitrogens with zero attached hydrogens (tertiary/aromatic N) is 1. The maximum Gasteiger partial charge on any atom is 0.222 e. The van der Waals surface area contributed by atoms with E-state index in [1.165, 1.54) is 57.9 Å². The summed E-state index contributed by atoms with van der Waals surface area (Å²) in [4.78, 5) is 14.7. The molecule has 2 aliphatic carbocycles. The Balaban J connectivity index is 1.25. The van der Waals surface area contributed by atoms with Gasteiger partial charge in [-0.2, -0.15) is 0 Å². The minimum atomic E-state index is 0.463. The lowest BCUT2D eigenvalue weighted by molar-refractivity contribution is -0.134. The molecule has 4 aliphatic rings. The number of hydrogen-bond acceptors (Lipinski definition) is 2. The van der Waals surface area contributed by atoms with Crippen molar-refractivity contribution < 1.29 is 4.79 Å². The molecule has 0 aromatic heterocycles. The first kappa shape index (κ1) is 14.0. The molecular weight excluding hydrogens is 260 g/mol. The van der Waals surface area contributed by atoms with Gasteiger partial charge in [0.1, 0.15) is 0 Å². The summed E-state index contributed by atoms with van der Waals surface area (Å²) in [6, 6.07) is 0.743. The summed E-state index contributed by atoms with van der Waals surface area (Å²) < 4.78 is 0. The van der Waals surface area contributed by atoms with Gasteiger partial charge in [-0.1, -0.05) is 6.42 Å². The van der Waals surface area contributed by atoms with Crippen molar-refractivity contribution in [1.82, 2.24) is 10.2 Å². The zero-order valence-electron chi connectivity index (χ0n) is 13.2. The summed E-state index contributed by atoms with van der Waals surface area (Å²) in [5.41, 5.74) is 0. The molecule has 2 saturated heterocycles. The molecule has 21 heavy (non-hydrogen) atoms. The van der Waals surface area contributed by atoms with Gasteiger partial charge in [-0.3, -0.25) is 4.79 Å². The minimum Gasteiger partial charge on any atom is -0.343 e. The van der Waals surface area contributed by atoms with Crippen LogP contribution in [0.25, 0.3) is 0 Å². The summed E-state index contributed by atoms with van der Waals surface area (Å²) in [7, 11) is 0. The number of piperidine rings is 1. The highest BCUT2D eigenvalue weighted by molar-refractivity contribution is 5.76. The topological polar surface area (TPSA) is 32.3 Å². The first-order valence-corrected chi connectivity index (χ1v) is 9.31. The minimum absolute atomic E-state index is 0.463. The molecule has 0 spiro atoms. The average molecular weight is 290 g/mol. The van der Waals surface area contributed by atoms with Crippen LogP contribution in [0.2, 0.25) is 0 Å². The zero-order valence-corrected chi connectivity index (χ0v) is 13.2. The summed E-state index contributed by atoms with van der Waals surface area (Å²) in [6.07, 6.45) is 11.6. The van der Waals surface area contributed by atoms with Crippen molar-refractivity contribution in [2.75, 3.05) is 19.6 Å². The van der Waals surface area contributed by atoms with Gasteiger partial charge in [-0.15, -0.1) is 0 Å². The Labute approximate surface area is 128 Å². The van der Waals surface area contributed by atoms with Crippen LogP contribution in [0.15, 0.2) is 0 Å². The Morgan fingerprint density at radius 1 is 1.00 bits per heavy atom. The first-order chi connectivity index (χ1) is 10.3. The van der Waals surface area contributed by atoms with Gasteiger partial charge in [0, 0.05) is 25.6 Å². The van der Waals surface area contributed by atoms with Gasteiger partial charge in [-0.25, -0.2) is 0 Å². The van der Waals surface area contributed by atoms with E-state index in [2.05, 4.69) is 10.2 Å². The maximum absolute atomic E-state index is 12.6. The monoisotopic (exact) mass is 290 g/mol. The molecule has 3 heteroatoms. The van der Waals surface area contributed by atoms with E-state index in [1.54, 1.807) is 0 Å². The van der Waals surface area contributed by atoms with E-state index in [9.17, 15) is 4.79 Å². The second-order valence-electron chi connectivity index (χ2n) is 8.06. The Morgan fingerprint density at radius 2 is 1.86 bits per heavy atom. The van der Waals surface area contributed by atoms with Crippen molar-refractivity contribution in [2.45, 2.75) is 63.8 Å². The van der Waals surface area contributed by atoms with Crippen LogP contribution in [-0.4, -0.2) is 36.5 Å². The van der Waals surface area contributed by atoms with Gasteiger partial charge in [0.15, 0.2) is 0 Å². The predicted molar refractivity (Wildman–Crippen MR) is 83.9 cm³/mol. The second kappa shape index (κ2) is 5.91. The van der Waals surface area contributed by atoms with E-state index in [-0.39, 0.29) is 0 Å². The van der Waals surface area contributed by atoms with Gasteiger partial charge in [0.25, 0.3) is 0 Å². The van der Waals surface area contributed by atoms with Crippen molar-refractivity contribution in [1.29, 1.82) is 0 Å². The van der Waals surface area contributed by atoms with Crippen LogP contribution in [0.5, 0.6) is 0 Å². The molecule has 118 valence electrons. The van der Waals surface area contributed by atoms with E-state index < -0.39 is 0 Å². The van der Waals surface area contributed by atoms with Crippen molar-refractivity contribution in [3.63, 3.8) is 0 Å². The van der Waals surface area contributed by atoms with Gasteiger partial charge >= 0.3 is 0 Å². The summed E-state index contributed by atoms with van der Waals surface area (Å²) >= 11 is 0. The average Bonchev–Trinajstić information content (AvgIpc) is 3.25. The van der Waals surface area contributed by atoms with E-state index in [0.717, 1.165) is 49.2 Å². The Morgan fingerprint density at radius 3 is 2.48 bits per heavy atom. The van der Waals surface area contributed by atoms with Gasteiger partial charge in [0.05, 0.1) is 0 Å². The molecule has 1 amide bonds. The molecular formula is C18H30N2O. The van der Waals surface area contributed by atoms with Gasteiger partial charge < -0.3 is 10.2 Å². The highest BCUT2D eigenvalue weighted by Crippen LogP contribution is 2.49. The Kier molecular flexibility index (Phi) is 3.95. The number of nitrogens with one attached hydrogen (secondary N) is 1. The van der Waals surface area contributed by atoms with E-state index in [1.807, 2.05) is 0 Å². The number of carbonyl (C=O) groups is 1. The van der Waals surface area contributed by atoms with Crippen molar-refractivity contribution in [3.05, 3.63) is 0 Å². The highest BCUT2D eigenvalue weighted by Gasteiger charge is 2.41. The standard InChI is InChI=1S/C18H30N2O/c21-18(12-16-11-13-3-4-15(16)10-13)20-8-5-14(6-9-20)17-2-1-7-19-17/h13-17,19H,1-12H2. The smallest absolute Gasteiger partial charge is 0.222 e. The van der Waals surface area contributed by atoms with Crippen LogP contribution in [-0.2, 0) is 4.79 Å². The largest absolute Gasteiger partial charge is 0.343 e. The van der Waals surface area contributed by atoms with Crippen LogP contribution in [0.1, 0.15) is 57.8 Å². The van der Waals surface area contributed by atoms with Crippen molar-refractivity contribution in [3.8, 4) is 0 Å². The molecule has 1 N–H and O–H groups in total. The lowest BCUT2D eigenvalue weighted by atomic mass is 9.85. The number of hydrogen-bond donors (Lipinski definition) is 1. The lowest BCUT2D eigenvalue weighted by Gasteiger charge is -2.36. The van der Waals surface area contributed by atoms with Crippen LogP contribution in [0.4, 0.5) is 0 Å². The van der Waals surface area contributed by atoms with E-state index >= 15 is 0 Å². The van der Waals surface area contributed by atoms with Crippen LogP contribution >= 0.6 is 0 Å². The number of amides is 1. The molecule has 4 fully saturated rings. The van der Waals surface area contributed by atoms with Crippen molar-refractivity contribution in [2.24, 2.45) is 23.7 Å². The molecule has 0 aromatic rings. The third-order valence-corrected chi connectivity index (χ3v) is 6.88. The van der Waals surface area contributed by atoms with Gasteiger partial charge in [-0.05, 0) is 75.2 Å². The molecule has 0 radical (unpaired) electrons. The van der Waals surface area contributed by atoms with Crippen LogP contribution < -0.4 is 5.32 Å². The third-order valence-electron chi connectivity index (χ3n) is 6.88. The fourth-order valence-electron chi connectivity index (χ4n) is 5.64. The molecule has 2 aliphatic heterocycles. The molecule has 4 atom stereocenters. The highest BCUT2D eigenvalue weighted by atomic mass is 16.2. The van der Waals surface area contributed by atoms with E-state index in [4.69, 9.17) is 0 Å². The van der Waals surface area contributed by atoms with Crippen LogP contribution in [0, 0.1) is 23.7 Å². The maximum atomic E-state index is 12.6. The molecule has 2 bridgehead atoms. The molecule has 3 nitrogen and oxygen atoms in total. The number of likely N-dealkylation sites (tertiary alicyclic amines) is 1. The second-order valence-corrected chi connectivity index (χ2v) is 8.06. The fourth-order valence-corrected chi connectivity index (χ4v) is 5.64. The van der Waals surface area contributed by atoms with Crippen LogP contribution in [0.3, 0.4) is 0 Å². The Hall–Kier alpha value is -0.570. The Bertz CT molecular complexity index is 383. The summed E-state index contributed by atoms with van der Waals surface area (Å²) in [5.74, 6) is 3.86. The molecule has 2 heterocycles. The molecule has 4 unspecified atom stereocenters. The quantitative estimate of drug-likeness (QED) is 0.867. The fraction of sp³-hybridized carbons (Fsp3) is 0.944.